The van der Waals surface area contributed by atoms with Gasteiger partial charge in [0.2, 0.25) is 0 Å². The summed E-state index contributed by atoms with van der Waals surface area (Å²) in [6, 6.07) is 6.62. The zero-order valence-electron chi connectivity index (χ0n) is 7.89. The highest BCUT2D eigenvalue weighted by Crippen LogP contribution is 2.24. The van der Waals surface area contributed by atoms with E-state index in [1.807, 2.05) is 0 Å². The SMILES string of the molecule is O=C(O)c1ccn(-c2ccc(Cl)cc2Br)n1. The van der Waals surface area contributed by atoms with Crippen molar-refractivity contribution < 1.29 is 9.90 Å². The summed E-state index contributed by atoms with van der Waals surface area (Å²) in [7, 11) is 0. The second kappa shape index (κ2) is 4.27. The molecule has 0 saturated heterocycles. The fourth-order valence-corrected chi connectivity index (χ4v) is 2.10. The van der Waals surface area contributed by atoms with Gasteiger partial charge in [-0.15, -0.1) is 0 Å². The summed E-state index contributed by atoms with van der Waals surface area (Å²) < 4.78 is 2.23. The van der Waals surface area contributed by atoms with Gasteiger partial charge in [-0.3, -0.25) is 0 Å². The first-order chi connectivity index (χ1) is 7.58. The van der Waals surface area contributed by atoms with Crippen LogP contribution in [0.1, 0.15) is 10.5 Å². The molecule has 0 aliphatic heterocycles. The Labute approximate surface area is 105 Å². The van der Waals surface area contributed by atoms with Crippen LogP contribution in [0.4, 0.5) is 0 Å². The minimum atomic E-state index is -1.05. The zero-order chi connectivity index (χ0) is 11.7. The monoisotopic (exact) mass is 300 g/mol. The Kier molecular flexibility index (Phi) is 2.98. The summed E-state index contributed by atoms with van der Waals surface area (Å²) in [5.41, 5.74) is 0.735. The number of carboxylic acid groups (broad SMARTS) is 1. The molecule has 0 unspecified atom stereocenters. The first-order valence-electron chi connectivity index (χ1n) is 4.32. The molecule has 4 nitrogen and oxygen atoms in total. The molecule has 0 amide bonds. The van der Waals surface area contributed by atoms with Crippen LogP contribution in [0, 0.1) is 0 Å². The lowest BCUT2D eigenvalue weighted by Gasteiger charge is -2.04. The van der Waals surface area contributed by atoms with E-state index in [9.17, 15) is 4.79 Å². The lowest BCUT2D eigenvalue weighted by atomic mass is 10.3. The summed E-state index contributed by atoms with van der Waals surface area (Å²) >= 11 is 9.14. The maximum absolute atomic E-state index is 10.7. The molecule has 1 aromatic carbocycles. The van der Waals surface area contributed by atoms with Crippen LogP contribution in [-0.4, -0.2) is 20.9 Å². The molecule has 0 atom stereocenters. The van der Waals surface area contributed by atoms with Crippen LogP contribution in [0.5, 0.6) is 0 Å². The lowest BCUT2D eigenvalue weighted by molar-refractivity contribution is 0.0690. The molecule has 0 spiro atoms. The van der Waals surface area contributed by atoms with E-state index >= 15 is 0 Å². The molecule has 16 heavy (non-hydrogen) atoms. The molecule has 0 aliphatic carbocycles. The second-order valence-electron chi connectivity index (χ2n) is 3.05. The first kappa shape index (κ1) is 11.2. The molecule has 2 aromatic rings. The van der Waals surface area contributed by atoms with Crippen LogP contribution in [-0.2, 0) is 0 Å². The number of nitrogens with zero attached hydrogens (tertiary/aromatic N) is 2. The van der Waals surface area contributed by atoms with Crippen molar-refractivity contribution in [3.05, 3.63) is 45.7 Å². The Morgan fingerprint density at radius 1 is 1.44 bits per heavy atom. The van der Waals surface area contributed by atoms with Gasteiger partial charge in [-0.05, 0) is 40.2 Å². The van der Waals surface area contributed by atoms with Gasteiger partial charge in [-0.1, -0.05) is 11.6 Å². The fourth-order valence-electron chi connectivity index (χ4n) is 1.24. The van der Waals surface area contributed by atoms with Crippen molar-refractivity contribution in [3.8, 4) is 5.69 Å². The maximum atomic E-state index is 10.7. The molecule has 1 N–H and O–H groups in total. The van der Waals surface area contributed by atoms with Crippen molar-refractivity contribution in [2.75, 3.05) is 0 Å². The van der Waals surface area contributed by atoms with Crippen LogP contribution in [0.15, 0.2) is 34.9 Å². The van der Waals surface area contributed by atoms with Crippen molar-refractivity contribution in [1.29, 1.82) is 0 Å². The Morgan fingerprint density at radius 3 is 2.75 bits per heavy atom. The number of benzene rings is 1. The molecule has 6 heteroatoms. The maximum Gasteiger partial charge on any atom is 0.356 e. The minimum Gasteiger partial charge on any atom is -0.476 e. The van der Waals surface area contributed by atoms with Crippen molar-refractivity contribution in [3.63, 3.8) is 0 Å². The van der Waals surface area contributed by atoms with E-state index in [0.717, 1.165) is 10.2 Å². The van der Waals surface area contributed by atoms with Gasteiger partial charge in [-0.25, -0.2) is 9.48 Å². The Hall–Kier alpha value is -1.33. The number of rotatable bonds is 2. The highest BCUT2D eigenvalue weighted by molar-refractivity contribution is 9.10. The van der Waals surface area contributed by atoms with Crippen LogP contribution < -0.4 is 0 Å². The predicted molar refractivity (Wildman–Crippen MR) is 63.2 cm³/mol. The normalized spacial score (nSPS) is 10.4. The Bertz CT molecular complexity index is 554. The van der Waals surface area contributed by atoms with Gasteiger partial charge in [0.25, 0.3) is 0 Å². The molecular formula is C10H6BrClN2O2. The second-order valence-corrected chi connectivity index (χ2v) is 4.34. The summed E-state index contributed by atoms with van der Waals surface area (Å²) in [5, 5.41) is 13.3. The van der Waals surface area contributed by atoms with E-state index in [-0.39, 0.29) is 5.69 Å². The third-order valence-electron chi connectivity index (χ3n) is 1.96. The smallest absolute Gasteiger partial charge is 0.356 e. The fraction of sp³-hybridized carbons (Fsp3) is 0. The number of hydrogen-bond donors (Lipinski definition) is 1. The zero-order valence-corrected chi connectivity index (χ0v) is 10.2. The molecule has 1 heterocycles. The van der Waals surface area contributed by atoms with E-state index in [1.165, 1.54) is 10.7 Å². The van der Waals surface area contributed by atoms with Crippen molar-refractivity contribution in [1.82, 2.24) is 9.78 Å². The highest BCUT2D eigenvalue weighted by atomic mass is 79.9. The summed E-state index contributed by atoms with van der Waals surface area (Å²) in [4.78, 5) is 10.7. The van der Waals surface area contributed by atoms with E-state index in [2.05, 4.69) is 21.0 Å². The average molecular weight is 302 g/mol. The molecule has 0 bridgehead atoms. The molecule has 82 valence electrons. The van der Waals surface area contributed by atoms with Gasteiger partial charge >= 0.3 is 5.97 Å². The number of carboxylic acids is 1. The van der Waals surface area contributed by atoms with Crippen molar-refractivity contribution in [2.24, 2.45) is 0 Å². The topological polar surface area (TPSA) is 55.1 Å². The molecule has 1 aromatic heterocycles. The Morgan fingerprint density at radius 2 is 2.19 bits per heavy atom. The van der Waals surface area contributed by atoms with Crippen molar-refractivity contribution in [2.45, 2.75) is 0 Å². The lowest BCUT2D eigenvalue weighted by Crippen LogP contribution is -2.01. The summed E-state index contributed by atoms with van der Waals surface area (Å²) in [5.74, 6) is -1.05. The van der Waals surface area contributed by atoms with Gasteiger partial charge in [0.05, 0.1) is 5.69 Å². The Balaban J connectivity index is 2.46. The summed E-state index contributed by atoms with van der Waals surface area (Å²) in [6.07, 6.45) is 1.58. The van der Waals surface area contributed by atoms with Gasteiger partial charge in [-0.2, -0.15) is 5.10 Å². The van der Waals surface area contributed by atoms with E-state index < -0.39 is 5.97 Å². The third kappa shape index (κ3) is 2.10. The van der Waals surface area contributed by atoms with Crippen LogP contribution >= 0.6 is 27.5 Å². The number of hydrogen-bond acceptors (Lipinski definition) is 2. The molecule has 0 fully saturated rings. The number of halogens is 2. The van der Waals surface area contributed by atoms with E-state index in [1.54, 1.807) is 24.4 Å². The van der Waals surface area contributed by atoms with Crippen LogP contribution in [0.2, 0.25) is 5.02 Å². The van der Waals surface area contributed by atoms with E-state index in [4.69, 9.17) is 16.7 Å². The molecule has 0 saturated carbocycles. The molecule has 2 rings (SSSR count). The van der Waals surface area contributed by atoms with E-state index in [0.29, 0.717) is 5.02 Å². The van der Waals surface area contributed by atoms with Crippen molar-refractivity contribution >= 4 is 33.5 Å². The quantitative estimate of drug-likeness (QED) is 0.927. The van der Waals surface area contributed by atoms with Gasteiger partial charge in [0.15, 0.2) is 5.69 Å². The summed E-state index contributed by atoms with van der Waals surface area (Å²) in [6.45, 7) is 0. The predicted octanol–water partition coefficient (Wildman–Crippen LogP) is 2.99. The van der Waals surface area contributed by atoms with Gasteiger partial charge in [0.1, 0.15) is 0 Å². The number of carbonyl (C=O) groups is 1. The average Bonchev–Trinajstić information content (AvgIpc) is 2.66. The van der Waals surface area contributed by atoms with Crippen LogP contribution in [0.3, 0.4) is 0 Å². The van der Waals surface area contributed by atoms with Crippen LogP contribution in [0.25, 0.3) is 5.69 Å². The van der Waals surface area contributed by atoms with Gasteiger partial charge in [0, 0.05) is 15.7 Å². The highest BCUT2D eigenvalue weighted by Gasteiger charge is 2.09. The first-order valence-corrected chi connectivity index (χ1v) is 5.49. The number of aromatic carboxylic acids is 1. The third-order valence-corrected chi connectivity index (χ3v) is 2.83. The molecular weight excluding hydrogens is 295 g/mol. The van der Waals surface area contributed by atoms with Gasteiger partial charge < -0.3 is 5.11 Å². The molecule has 0 aliphatic rings. The number of aromatic nitrogens is 2. The largest absolute Gasteiger partial charge is 0.476 e. The minimum absolute atomic E-state index is 0.00171. The standard InChI is InChI=1S/C10H6BrClN2O2/c11-7-5-6(12)1-2-9(7)14-4-3-8(13-14)10(15)16/h1-5H,(H,15,16). The molecule has 0 radical (unpaired) electrons.